The van der Waals surface area contributed by atoms with Crippen molar-refractivity contribution in [2.24, 2.45) is 0 Å². The highest BCUT2D eigenvalue weighted by atomic mass is 16.5. The van der Waals surface area contributed by atoms with Gasteiger partial charge in [0.1, 0.15) is 12.4 Å². The SMILES string of the molecule is OCCCCCCc1cccc(OCc2cnc3ccccc3n2)c1. The van der Waals surface area contributed by atoms with E-state index in [1.807, 2.05) is 36.4 Å². The van der Waals surface area contributed by atoms with E-state index in [4.69, 9.17) is 9.84 Å². The molecule has 4 nitrogen and oxygen atoms in total. The van der Waals surface area contributed by atoms with Gasteiger partial charge in [-0.3, -0.25) is 4.98 Å². The zero-order valence-corrected chi connectivity index (χ0v) is 14.4. The summed E-state index contributed by atoms with van der Waals surface area (Å²) >= 11 is 0. The van der Waals surface area contributed by atoms with Crippen molar-refractivity contribution in [3.8, 4) is 5.75 Å². The molecule has 0 aliphatic heterocycles. The van der Waals surface area contributed by atoms with Crippen LogP contribution in [0.4, 0.5) is 0 Å². The molecule has 3 rings (SSSR count). The monoisotopic (exact) mass is 336 g/mol. The number of unbranched alkanes of at least 4 members (excludes halogenated alkanes) is 3. The van der Waals surface area contributed by atoms with E-state index in [0.29, 0.717) is 13.2 Å². The smallest absolute Gasteiger partial charge is 0.132 e. The molecule has 0 radical (unpaired) electrons. The van der Waals surface area contributed by atoms with Crippen LogP contribution in [0.5, 0.6) is 5.75 Å². The first-order chi connectivity index (χ1) is 12.3. The van der Waals surface area contributed by atoms with Gasteiger partial charge < -0.3 is 9.84 Å². The number of fused-ring (bicyclic) bond motifs is 1. The molecule has 0 fully saturated rings. The zero-order valence-electron chi connectivity index (χ0n) is 14.4. The molecule has 0 unspecified atom stereocenters. The van der Waals surface area contributed by atoms with Crippen LogP contribution >= 0.6 is 0 Å². The van der Waals surface area contributed by atoms with Crippen molar-refractivity contribution in [3.63, 3.8) is 0 Å². The van der Waals surface area contributed by atoms with Gasteiger partial charge in [-0.25, -0.2) is 4.98 Å². The summed E-state index contributed by atoms with van der Waals surface area (Å²) in [4.78, 5) is 9.00. The molecule has 0 saturated carbocycles. The fourth-order valence-corrected chi connectivity index (χ4v) is 2.81. The van der Waals surface area contributed by atoms with Crippen molar-refractivity contribution >= 4 is 11.0 Å². The van der Waals surface area contributed by atoms with E-state index in [1.165, 1.54) is 5.56 Å². The third-order valence-corrected chi connectivity index (χ3v) is 4.16. The van der Waals surface area contributed by atoms with Crippen LogP contribution in [0.2, 0.25) is 0 Å². The molecular weight excluding hydrogens is 312 g/mol. The van der Waals surface area contributed by atoms with Gasteiger partial charge in [0.05, 0.1) is 22.9 Å². The summed E-state index contributed by atoms with van der Waals surface area (Å²) in [6.07, 6.45) is 7.09. The van der Waals surface area contributed by atoms with E-state index < -0.39 is 0 Å². The maximum Gasteiger partial charge on any atom is 0.132 e. The highest BCUT2D eigenvalue weighted by Gasteiger charge is 2.02. The van der Waals surface area contributed by atoms with Crippen molar-refractivity contribution in [1.29, 1.82) is 0 Å². The molecular formula is C21H24N2O2. The maximum absolute atomic E-state index is 8.80. The Kier molecular flexibility index (Phi) is 6.35. The standard InChI is InChI=1S/C21H24N2O2/c24-13-6-2-1-3-8-17-9-7-10-19(14-17)25-16-18-15-22-20-11-4-5-12-21(20)23-18/h4-5,7,9-12,14-15,24H,1-3,6,8,13,16H2. The molecule has 1 aromatic heterocycles. The van der Waals surface area contributed by atoms with Crippen LogP contribution in [0.3, 0.4) is 0 Å². The highest BCUT2D eigenvalue weighted by Crippen LogP contribution is 2.17. The summed E-state index contributed by atoms with van der Waals surface area (Å²) in [6, 6.07) is 16.1. The maximum atomic E-state index is 8.80. The summed E-state index contributed by atoms with van der Waals surface area (Å²) in [5.41, 5.74) is 3.90. The number of rotatable bonds is 9. The Morgan fingerprint density at radius 3 is 2.60 bits per heavy atom. The number of hydrogen-bond donors (Lipinski definition) is 1. The van der Waals surface area contributed by atoms with Gasteiger partial charge in [-0.1, -0.05) is 37.1 Å². The van der Waals surface area contributed by atoms with Crippen LogP contribution in [0.25, 0.3) is 11.0 Å². The van der Waals surface area contributed by atoms with Gasteiger partial charge in [0.25, 0.3) is 0 Å². The molecule has 0 bridgehead atoms. The Balaban J connectivity index is 1.54. The van der Waals surface area contributed by atoms with Crippen molar-refractivity contribution in [1.82, 2.24) is 9.97 Å². The molecule has 25 heavy (non-hydrogen) atoms. The average molecular weight is 336 g/mol. The predicted octanol–water partition coefficient (Wildman–Crippen LogP) is 4.30. The van der Waals surface area contributed by atoms with Crippen LogP contribution in [-0.2, 0) is 13.0 Å². The fourth-order valence-electron chi connectivity index (χ4n) is 2.81. The van der Waals surface area contributed by atoms with Gasteiger partial charge >= 0.3 is 0 Å². The number of hydrogen-bond acceptors (Lipinski definition) is 4. The molecule has 3 aromatic rings. The van der Waals surface area contributed by atoms with Gasteiger partial charge in [0.15, 0.2) is 0 Å². The number of benzene rings is 2. The zero-order chi connectivity index (χ0) is 17.3. The molecule has 130 valence electrons. The lowest BCUT2D eigenvalue weighted by atomic mass is 10.1. The Bertz CT molecular complexity index is 805. The summed E-state index contributed by atoms with van der Waals surface area (Å²) < 4.78 is 5.89. The normalized spacial score (nSPS) is 10.9. The molecule has 4 heteroatoms. The van der Waals surface area contributed by atoms with E-state index in [-0.39, 0.29) is 0 Å². The Morgan fingerprint density at radius 2 is 1.72 bits per heavy atom. The lowest BCUT2D eigenvalue weighted by Crippen LogP contribution is -2.00. The van der Waals surface area contributed by atoms with Gasteiger partial charge in [-0.15, -0.1) is 0 Å². The molecule has 0 spiro atoms. The van der Waals surface area contributed by atoms with E-state index in [9.17, 15) is 0 Å². The van der Waals surface area contributed by atoms with Gasteiger partial charge in [0.2, 0.25) is 0 Å². The number of aryl methyl sites for hydroxylation is 1. The highest BCUT2D eigenvalue weighted by molar-refractivity contribution is 5.73. The Morgan fingerprint density at radius 1 is 0.880 bits per heavy atom. The molecule has 1 N–H and O–H groups in total. The number of nitrogens with zero attached hydrogens (tertiary/aromatic N) is 2. The van der Waals surface area contributed by atoms with Crippen LogP contribution in [0, 0.1) is 0 Å². The second-order valence-corrected chi connectivity index (χ2v) is 6.17. The minimum atomic E-state index is 0.293. The van der Waals surface area contributed by atoms with Crippen LogP contribution in [0.15, 0.2) is 54.7 Å². The number of aliphatic hydroxyl groups excluding tert-OH is 1. The van der Waals surface area contributed by atoms with E-state index >= 15 is 0 Å². The summed E-state index contributed by atoms with van der Waals surface area (Å²) in [6.45, 7) is 0.707. The first-order valence-corrected chi connectivity index (χ1v) is 8.88. The minimum Gasteiger partial charge on any atom is -0.487 e. The van der Waals surface area contributed by atoms with Crippen molar-refractivity contribution < 1.29 is 9.84 Å². The first kappa shape index (κ1) is 17.4. The predicted molar refractivity (Wildman–Crippen MR) is 99.6 cm³/mol. The Labute approximate surface area is 148 Å². The van der Waals surface area contributed by atoms with Crippen LogP contribution < -0.4 is 4.74 Å². The van der Waals surface area contributed by atoms with E-state index in [2.05, 4.69) is 22.1 Å². The van der Waals surface area contributed by atoms with E-state index in [1.54, 1.807) is 6.20 Å². The molecule has 1 heterocycles. The van der Waals surface area contributed by atoms with Crippen molar-refractivity contribution in [3.05, 3.63) is 66.0 Å². The summed E-state index contributed by atoms with van der Waals surface area (Å²) in [5, 5.41) is 8.80. The number of aromatic nitrogens is 2. The molecule has 0 aliphatic carbocycles. The van der Waals surface area contributed by atoms with Gasteiger partial charge in [0, 0.05) is 6.61 Å². The molecule has 0 amide bonds. The minimum absolute atomic E-state index is 0.293. The Hall–Kier alpha value is -2.46. The molecule has 2 aromatic carbocycles. The summed E-state index contributed by atoms with van der Waals surface area (Å²) in [7, 11) is 0. The lowest BCUT2D eigenvalue weighted by molar-refractivity contribution is 0.282. The fraction of sp³-hybridized carbons (Fsp3) is 0.333. The topological polar surface area (TPSA) is 55.2 Å². The lowest BCUT2D eigenvalue weighted by Gasteiger charge is -2.08. The van der Waals surface area contributed by atoms with Gasteiger partial charge in [-0.2, -0.15) is 0 Å². The quantitative estimate of drug-likeness (QED) is 0.592. The first-order valence-electron chi connectivity index (χ1n) is 8.88. The van der Waals surface area contributed by atoms with Gasteiger partial charge in [-0.05, 0) is 49.1 Å². The second kappa shape index (κ2) is 9.14. The van der Waals surface area contributed by atoms with Crippen molar-refractivity contribution in [2.45, 2.75) is 38.7 Å². The molecule has 0 aliphatic rings. The van der Waals surface area contributed by atoms with Crippen molar-refractivity contribution in [2.75, 3.05) is 6.61 Å². The largest absolute Gasteiger partial charge is 0.487 e. The number of aliphatic hydroxyl groups is 1. The summed E-state index contributed by atoms with van der Waals surface area (Å²) in [5.74, 6) is 0.864. The second-order valence-electron chi connectivity index (χ2n) is 6.17. The average Bonchev–Trinajstić information content (AvgIpc) is 2.66. The van der Waals surface area contributed by atoms with E-state index in [0.717, 1.165) is 54.6 Å². The third-order valence-electron chi connectivity index (χ3n) is 4.16. The number of para-hydroxylation sites is 2. The number of ether oxygens (including phenoxy) is 1. The van der Waals surface area contributed by atoms with Crippen LogP contribution in [0.1, 0.15) is 36.9 Å². The molecule has 0 saturated heterocycles. The molecule has 0 atom stereocenters. The van der Waals surface area contributed by atoms with Crippen LogP contribution in [-0.4, -0.2) is 21.7 Å². The third kappa shape index (κ3) is 5.26.